The third-order valence-corrected chi connectivity index (χ3v) is 8.45. The third-order valence-electron chi connectivity index (χ3n) is 5.93. The van der Waals surface area contributed by atoms with Gasteiger partial charge in [-0.25, -0.2) is 8.42 Å². The van der Waals surface area contributed by atoms with Gasteiger partial charge in [-0.05, 0) is 80.1 Å². The van der Waals surface area contributed by atoms with Crippen molar-refractivity contribution in [3.05, 3.63) is 77.9 Å². The van der Waals surface area contributed by atoms with Crippen LogP contribution in [0.25, 0.3) is 0 Å². The maximum atomic E-state index is 13.8. The van der Waals surface area contributed by atoms with E-state index in [4.69, 9.17) is 9.47 Å². The van der Waals surface area contributed by atoms with Crippen molar-refractivity contribution in [1.29, 1.82) is 0 Å². The Hall–Kier alpha value is -3.17. The Kier molecular flexibility index (Phi) is 9.88. The third kappa shape index (κ3) is 6.78. The zero-order chi connectivity index (χ0) is 27.0. The SMILES string of the molecule is CCOc1ccccc1N(CC(=O)N[C@H](CC)c1ccc(OC)c(C)c1)S(=O)(=O)c1ccc(SC)cc1. The second kappa shape index (κ2) is 12.9. The Bertz CT molecular complexity index is 1310. The quantitative estimate of drug-likeness (QED) is 0.301. The zero-order valence-electron chi connectivity index (χ0n) is 21.9. The lowest BCUT2D eigenvalue weighted by Crippen LogP contribution is -2.42. The van der Waals surface area contributed by atoms with Gasteiger partial charge in [-0.15, -0.1) is 11.8 Å². The number of nitrogens with one attached hydrogen (secondary N) is 1. The number of anilines is 1. The Morgan fingerprint density at radius 1 is 1.03 bits per heavy atom. The van der Waals surface area contributed by atoms with E-state index in [0.717, 1.165) is 26.1 Å². The van der Waals surface area contributed by atoms with Gasteiger partial charge in [0.2, 0.25) is 5.91 Å². The van der Waals surface area contributed by atoms with Gasteiger partial charge in [-0.3, -0.25) is 9.10 Å². The van der Waals surface area contributed by atoms with E-state index in [2.05, 4.69) is 5.32 Å². The molecule has 7 nitrogen and oxygen atoms in total. The van der Waals surface area contributed by atoms with Crippen molar-refractivity contribution in [1.82, 2.24) is 5.32 Å². The summed E-state index contributed by atoms with van der Waals surface area (Å²) in [6.45, 7) is 5.69. The molecule has 1 N–H and O–H groups in total. The van der Waals surface area contributed by atoms with Gasteiger partial charge in [0.25, 0.3) is 10.0 Å². The van der Waals surface area contributed by atoms with E-state index >= 15 is 0 Å². The van der Waals surface area contributed by atoms with Gasteiger partial charge in [-0.2, -0.15) is 0 Å². The minimum Gasteiger partial charge on any atom is -0.496 e. The lowest BCUT2D eigenvalue weighted by atomic mass is 10.0. The molecular formula is C28H34N2O5S2. The van der Waals surface area contributed by atoms with Gasteiger partial charge >= 0.3 is 0 Å². The first-order chi connectivity index (χ1) is 17.7. The number of sulfonamides is 1. The van der Waals surface area contributed by atoms with Crippen LogP contribution in [0.3, 0.4) is 0 Å². The average molecular weight is 543 g/mol. The molecule has 0 aliphatic carbocycles. The number of hydrogen-bond donors (Lipinski definition) is 1. The van der Waals surface area contributed by atoms with Crippen LogP contribution in [0.2, 0.25) is 0 Å². The van der Waals surface area contributed by atoms with E-state index in [0.29, 0.717) is 24.5 Å². The number of carbonyl (C=O) groups is 1. The van der Waals surface area contributed by atoms with Crippen LogP contribution in [0, 0.1) is 6.92 Å². The maximum Gasteiger partial charge on any atom is 0.264 e. The Morgan fingerprint density at radius 3 is 2.32 bits per heavy atom. The summed E-state index contributed by atoms with van der Waals surface area (Å²) in [5.74, 6) is 0.734. The standard InChI is InChI=1S/C28H34N2O5S2/c1-6-24(21-12-17-26(34-4)20(3)18-21)29-28(31)19-30(25-10-8-9-11-27(25)35-7-2)37(32,33)23-15-13-22(36-5)14-16-23/h8-18,24H,6-7,19H2,1-5H3,(H,29,31)/t24-/m1/s1. The molecule has 0 heterocycles. The molecular weight excluding hydrogens is 508 g/mol. The second-order valence-electron chi connectivity index (χ2n) is 8.35. The summed E-state index contributed by atoms with van der Waals surface area (Å²) in [5.41, 5.74) is 2.18. The molecule has 1 atom stereocenters. The van der Waals surface area contributed by atoms with Crippen LogP contribution in [0.15, 0.2) is 76.5 Å². The number of nitrogens with zero attached hydrogens (tertiary/aromatic N) is 1. The predicted molar refractivity (Wildman–Crippen MR) is 149 cm³/mol. The number of carbonyl (C=O) groups excluding carboxylic acids is 1. The molecule has 3 aromatic rings. The van der Waals surface area contributed by atoms with Crippen LogP contribution in [0.4, 0.5) is 5.69 Å². The monoisotopic (exact) mass is 542 g/mol. The molecule has 0 bridgehead atoms. The van der Waals surface area contributed by atoms with Gasteiger partial charge in [-0.1, -0.05) is 31.2 Å². The van der Waals surface area contributed by atoms with Gasteiger partial charge in [0, 0.05) is 4.90 Å². The van der Waals surface area contributed by atoms with Crippen LogP contribution < -0.4 is 19.1 Å². The summed E-state index contributed by atoms with van der Waals surface area (Å²) >= 11 is 1.52. The van der Waals surface area contributed by atoms with Crippen molar-refractivity contribution in [2.24, 2.45) is 0 Å². The zero-order valence-corrected chi connectivity index (χ0v) is 23.5. The van der Waals surface area contributed by atoms with Crippen molar-refractivity contribution < 1.29 is 22.7 Å². The van der Waals surface area contributed by atoms with E-state index in [9.17, 15) is 13.2 Å². The largest absolute Gasteiger partial charge is 0.496 e. The molecule has 0 aromatic heterocycles. The van der Waals surface area contributed by atoms with Gasteiger partial charge in [0.15, 0.2) is 0 Å². The number of para-hydroxylation sites is 2. The molecule has 0 unspecified atom stereocenters. The maximum absolute atomic E-state index is 13.8. The Balaban J connectivity index is 1.96. The minimum absolute atomic E-state index is 0.0993. The molecule has 0 aliphatic heterocycles. The first-order valence-corrected chi connectivity index (χ1v) is 14.7. The van der Waals surface area contributed by atoms with Crippen molar-refractivity contribution in [3.8, 4) is 11.5 Å². The van der Waals surface area contributed by atoms with Crippen LogP contribution in [0.1, 0.15) is 37.4 Å². The minimum atomic E-state index is -4.07. The van der Waals surface area contributed by atoms with Crippen molar-refractivity contribution in [2.75, 3.05) is 30.8 Å². The molecule has 3 rings (SSSR count). The number of aryl methyl sites for hydroxylation is 1. The highest BCUT2D eigenvalue weighted by Gasteiger charge is 2.30. The fraction of sp³-hybridized carbons (Fsp3) is 0.321. The molecule has 9 heteroatoms. The summed E-state index contributed by atoms with van der Waals surface area (Å²) in [7, 11) is -2.46. The molecule has 1 amide bonds. The molecule has 0 saturated carbocycles. The van der Waals surface area contributed by atoms with Crippen molar-refractivity contribution in [3.63, 3.8) is 0 Å². The van der Waals surface area contributed by atoms with E-state index in [1.54, 1.807) is 55.6 Å². The highest BCUT2D eigenvalue weighted by molar-refractivity contribution is 7.98. The number of thioether (sulfide) groups is 1. The highest BCUT2D eigenvalue weighted by atomic mass is 32.2. The molecule has 198 valence electrons. The lowest BCUT2D eigenvalue weighted by Gasteiger charge is -2.27. The molecule has 0 saturated heterocycles. The second-order valence-corrected chi connectivity index (χ2v) is 11.1. The fourth-order valence-electron chi connectivity index (χ4n) is 4.03. The molecule has 37 heavy (non-hydrogen) atoms. The number of rotatable bonds is 12. The number of ether oxygens (including phenoxy) is 2. The van der Waals surface area contributed by atoms with E-state index < -0.39 is 22.5 Å². The topological polar surface area (TPSA) is 84.9 Å². The van der Waals surface area contributed by atoms with Crippen LogP contribution in [-0.2, 0) is 14.8 Å². The number of hydrogen-bond acceptors (Lipinski definition) is 6. The molecule has 0 aliphatic rings. The number of amides is 1. The predicted octanol–water partition coefficient (Wildman–Crippen LogP) is 5.59. The van der Waals surface area contributed by atoms with Crippen LogP contribution in [-0.4, -0.2) is 40.8 Å². The molecule has 0 radical (unpaired) electrons. The first-order valence-electron chi connectivity index (χ1n) is 12.1. The van der Waals surface area contributed by atoms with E-state index in [1.165, 1.54) is 11.8 Å². The van der Waals surface area contributed by atoms with Gasteiger partial charge < -0.3 is 14.8 Å². The lowest BCUT2D eigenvalue weighted by molar-refractivity contribution is -0.120. The van der Waals surface area contributed by atoms with E-state index in [-0.39, 0.29) is 10.9 Å². The number of methoxy groups -OCH3 is 1. The van der Waals surface area contributed by atoms with Gasteiger partial charge in [0.1, 0.15) is 18.0 Å². The summed E-state index contributed by atoms with van der Waals surface area (Å²) in [6.07, 6.45) is 2.56. The summed E-state index contributed by atoms with van der Waals surface area (Å²) in [4.78, 5) is 14.4. The normalized spacial score (nSPS) is 12.0. The van der Waals surface area contributed by atoms with Crippen molar-refractivity contribution in [2.45, 2.75) is 43.0 Å². The fourth-order valence-corrected chi connectivity index (χ4v) is 5.86. The highest BCUT2D eigenvalue weighted by Crippen LogP contribution is 2.33. The van der Waals surface area contributed by atoms with Gasteiger partial charge in [0.05, 0.1) is 30.3 Å². The molecule has 3 aromatic carbocycles. The number of benzene rings is 3. The van der Waals surface area contributed by atoms with Crippen molar-refractivity contribution >= 4 is 33.4 Å². The van der Waals surface area contributed by atoms with Crippen LogP contribution >= 0.6 is 11.8 Å². The average Bonchev–Trinajstić information content (AvgIpc) is 2.91. The molecule has 0 spiro atoms. The first kappa shape index (κ1) is 28.4. The summed E-state index contributed by atoms with van der Waals surface area (Å²) in [5, 5.41) is 3.01. The smallest absolute Gasteiger partial charge is 0.264 e. The summed E-state index contributed by atoms with van der Waals surface area (Å²) < 4.78 is 39.9. The Labute approximate surface area is 224 Å². The Morgan fingerprint density at radius 2 is 1.73 bits per heavy atom. The van der Waals surface area contributed by atoms with Crippen LogP contribution in [0.5, 0.6) is 11.5 Å². The van der Waals surface area contributed by atoms with E-state index in [1.807, 2.05) is 45.2 Å². The summed E-state index contributed by atoms with van der Waals surface area (Å²) in [6, 6.07) is 18.9. The molecule has 0 fully saturated rings.